The molecule has 404 valence electrons. The SMILES string of the molecule is [C-]#[N+]c1ccc(-c2ccc(-c3ccc(C(F)(F)F)cc3C)cc2-n2c3ccc(-c4nc(C)nc(C)n4)cc3c3cc(-c4nc(C)nc(C)n4)ccc32)c(-n2c3ccc(-c4nc(C)nc(C)n4)cc3c3cc(-c4nc(C)nc(C)n4)ccc32)c1. The summed E-state index contributed by atoms with van der Waals surface area (Å²) in [6.45, 7) is 24.8. The first-order valence-electron chi connectivity index (χ1n) is 26.6. The van der Waals surface area contributed by atoms with E-state index in [9.17, 15) is 13.2 Å². The molecule has 0 bridgehead atoms. The van der Waals surface area contributed by atoms with Crippen LogP contribution in [0, 0.1) is 68.9 Å². The molecule has 6 aromatic heterocycles. The maximum atomic E-state index is 14.2. The Morgan fingerprint density at radius 1 is 0.337 bits per heavy atom. The number of alkyl halides is 3. The van der Waals surface area contributed by atoms with Gasteiger partial charge in [0.05, 0.1) is 39.9 Å². The summed E-state index contributed by atoms with van der Waals surface area (Å²) in [7, 11) is 0. The Hall–Kier alpha value is -10.5. The molecule has 0 aliphatic heterocycles. The second-order valence-electron chi connectivity index (χ2n) is 20.7. The van der Waals surface area contributed by atoms with Crippen LogP contribution < -0.4 is 0 Å². The van der Waals surface area contributed by atoms with E-state index in [1.807, 2.05) is 128 Å². The molecule has 13 rings (SSSR count). The summed E-state index contributed by atoms with van der Waals surface area (Å²) in [5, 5.41) is 3.49. The molecule has 0 radical (unpaired) electrons. The maximum absolute atomic E-state index is 14.2. The quantitative estimate of drug-likeness (QED) is 0.132. The van der Waals surface area contributed by atoms with Crippen molar-refractivity contribution < 1.29 is 13.2 Å². The van der Waals surface area contributed by atoms with Gasteiger partial charge in [0.2, 0.25) is 0 Å². The largest absolute Gasteiger partial charge is 0.416 e. The highest BCUT2D eigenvalue weighted by atomic mass is 19.4. The summed E-state index contributed by atoms with van der Waals surface area (Å²) in [4.78, 5) is 59.7. The molecule has 83 heavy (non-hydrogen) atoms. The first kappa shape index (κ1) is 51.9. The van der Waals surface area contributed by atoms with Gasteiger partial charge in [-0.15, -0.1) is 0 Å². The first-order valence-corrected chi connectivity index (χ1v) is 26.6. The monoisotopic (exact) mass is 1100 g/mol. The third kappa shape index (κ3) is 9.31. The van der Waals surface area contributed by atoms with Gasteiger partial charge in [-0.25, -0.2) is 64.7 Å². The van der Waals surface area contributed by atoms with Crippen LogP contribution in [0.5, 0.6) is 0 Å². The minimum Gasteiger partial charge on any atom is -0.310 e. The Morgan fingerprint density at radius 2 is 0.651 bits per heavy atom. The van der Waals surface area contributed by atoms with Crippen LogP contribution in [0.1, 0.15) is 57.7 Å². The molecule has 13 aromatic rings. The highest BCUT2D eigenvalue weighted by Gasteiger charge is 2.31. The summed E-state index contributed by atoms with van der Waals surface area (Å²) < 4.78 is 47.1. The number of aryl methyl sites for hydroxylation is 9. The zero-order valence-electron chi connectivity index (χ0n) is 46.5. The summed E-state index contributed by atoms with van der Waals surface area (Å²) in [5.41, 5.74) is 10.8. The van der Waals surface area contributed by atoms with E-state index in [2.05, 4.69) is 70.3 Å². The van der Waals surface area contributed by atoms with Crippen LogP contribution in [0.4, 0.5) is 18.9 Å². The summed E-state index contributed by atoms with van der Waals surface area (Å²) >= 11 is 0. The molecule has 0 aliphatic rings. The van der Waals surface area contributed by atoms with Crippen molar-refractivity contribution in [2.24, 2.45) is 0 Å². The molecule has 0 N–H and O–H groups in total. The fraction of sp³-hybridized carbons (Fsp3) is 0.154. The summed E-state index contributed by atoms with van der Waals surface area (Å²) in [5.74, 6) is 6.83. The lowest BCUT2D eigenvalue weighted by molar-refractivity contribution is -0.137. The van der Waals surface area contributed by atoms with E-state index in [0.29, 0.717) is 104 Å². The lowest BCUT2D eigenvalue weighted by atomic mass is 9.93. The molecule has 18 heteroatoms. The minimum atomic E-state index is -4.53. The number of hydrogen-bond acceptors (Lipinski definition) is 12. The Labute approximate surface area is 473 Å². The van der Waals surface area contributed by atoms with E-state index >= 15 is 0 Å². The number of fused-ring (bicyclic) bond motifs is 6. The van der Waals surface area contributed by atoms with E-state index in [1.54, 1.807) is 6.92 Å². The van der Waals surface area contributed by atoms with Crippen molar-refractivity contribution in [1.82, 2.24) is 68.9 Å². The number of hydrogen-bond donors (Lipinski definition) is 0. The predicted molar refractivity (Wildman–Crippen MR) is 315 cm³/mol. The number of rotatable bonds is 8. The van der Waals surface area contributed by atoms with Gasteiger partial charge in [0.25, 0.3) is 0 Å². The number of aromatic nitrogens is 14. The molecule has 0 atom stereocenters. The molecule has 0 spiro atoms. The fourth-order valence-corrected chi connectivity index (χ4v) is 11.4. The average molecular weight is 1100 g/mol. The Morgan fingerprint density at radius 3 is 0.976 bits per heavy atom. The van der Waals surface area contributed by atoms with Crippen molar-refractivity contribution in [1.29, 1.82) is 0 Å². The molecule has 0 unspecified atom stereocenters. The topological polar surface area (TPSA) is 169 Å². The highest BCUT2D eigenvalue weighted by Crippen LogP contribution is 2.46. The Kier molecular flexibility index (Phi) is 12.3. The van der Waals surface area contributed by atoms with Crippen molar-refractivity contribution in [3.05, 3.63) is 197 Å². The van der Waals surface area contributed by atoms with E-state index in [1.165, 1.54) is 12.1 Å². The maximum Gasteiger partial charge on any atom is 0.416 e. The van der Waals surface area contributed by atoms with Crippen LogP contribution in [0.15, 0.2) is 127 Å². The smallest absolute Gasteiger partial charge is 0.310 e. The van der Waals surface area contributed by atoms with Gasteiger partial charge >= 0.3 is 6.18 Å². The lowest BCUT2D eigenvalue weighted by Crippen LogP contribution is -2.05. The predicted octanol–water partition coefficient (Wildman–Crippen LogP) is 15.0. The van der Waals surface area contributed by atoms with Gasteiger partial charge in [0.15, 0.2) is 29.0 Å². The third-order valence-electron chi connectivity index (χ3n) is 14.7. The summed E-state index contributed by atoms with van der Waals surface area (Å²) in [6, 6.07) is 40.0. The van der Waals surface area contributed by atoms with Crippen molar-refractivity contribution >= 4 is 49.3 Å². The second kappa shape index (κ2) is 19.6. The van der Waals surface area contributed by atoms with Crippen LogP contribution in [0.2, 0.25) is 0 Å². The minimum absolute atomic E-state index is 0.405. The van der Waals surface area contributed by atoms with Crippen LogP contribution >= 0.6 is 0 Å². The van der Waals surface area contributed by atoms with Gasteiger partial charge in [-0.3, -0.25) is 0 Å². The normalized spacial score (nSPS) is 11.8. The molecule has 0 amide bonds. The van der Waals surface area contributed by atoms with Crippen LogP contribution in [-0.2, 0) is 6.18 Å². The molecule has 0 fully saturated rings. The average Bonchev–Trinajstić information content (AvgIpc) is 1.88. The van der Waals surface area contributed by atoms with E-state index < -0.39 is 11.7 Å². The molecular formula is C65H48F3N15. The molecule has 15 nitrogen and oxygen atoms in total. The van der Waals surface area contributed by atoms with E-state index in [-0.39, 0.29) is 0 Å². The highest BCUT2D eigenvalue weighted by molar-refractivity contribution is 6.14. The molecule has 0 aliphatic carbocycles. The van der Waals surface area contributed by atoms with Crippen LogP contribution in [-0.4, -0.2) is 68.9 Å². The van der Waals surface area contributed by atoms with Gasteiger partial charge < -0.3 is 9.13 Å². The van der Waals surface area contributed by atoms with E-state index in [0.717, 1.165) is 83.1 Å². The molecule has 6 heterocycles. The second-order valence-corrected chi connectivity index (χ2v) is 20.7. The van der Waals surface area contributed by atoms with Gasteiger partial charge in [0, 0.05) is 60.6 Å². The van der Waals surface area contributed by atoms with Crippen molar-refractivity contribution in [2.75, 3.05) is 0 Å². The third-order valence-corrected chi connectivity index (χ3v) is 14.7. The van der Waals surface area contributed by atoms with Crippen molar-refractivity contribution in [2.45, 2.75) is 68.5 Å². The van der Waals surface area contributed by atoms with Gasteiger partial charge in [0.1, 0.15) is 46.6 Å². The fourth-order valence-electron chi connectivity index (χ4n) is 11.4. The number of halogens is 3. The molecular weight excluding hydrogens is 1050 g/mol. The van der Waals surface area contributed by atoms with Crippen molar-refractivity contribution in [3.63, 3.8) is 0 Å². The molecule has 0 saturated heterocycles. The van der Waals surface area contributed by atoms with Crippen molar-refractivity contribution in [3.8, 4) is 79.2 Å². The zero-order chi connectivity index (χ0) is 57.7. The Bertz CT molecular complexity index is 4640. The standard InChI is InChI=1S/C65H48F3N15/c1-32-25-46(65(66,67)68)16-19-48(32)41-11-18-49(59(30-41)82-55-21-12-42(61-74-33(2)70-34(3)75-61)26-51(55)52-27-43(13-22-56(52)82)62-76-35(4)71-36(5)77-62)50-20-17-47(69-10)31-60(50)83-57-23-14-44(63-78-37(6)72-38(7)79-63)28-53(57)54-29-45(15-24-58(54)83)64-80-39(8)73-40(9)81-64/h11-31H,1-9H3. The molecule has 0 saturated carbocycles. The number of nitrogens with zero attached hydrogens (tertiary/aromatic N) is 15. The van der Waals surface area contributed by atoms with Gasteiger partial charge in [-0.05, 0) is 176 Å². The van der Waals surface area contributed by atoms with Crippen LogP contribution in [0.3, 0.4) is 0 Å². The van der Waals surface area contributed by atoms with Gasteiger partial charge in [-0.1, -0.05) is 30.3 Å². The number of benzene rings is 7. The molecule has 7 aromatic carbocycles. The Balaban J connectivity index is 1.12. The summed E-state index contributed by atoms with van der Waals surface area (Å²) in [6.07, 6.45) is -4.53. The van der Waals surface area contributed by atoms with Crippen LogP contribution in [0.25, 0.3) is 128 Å². The van der Waals surface area contributed by atoms with E-state index in [4.69, 9.17) is 46.4 Å². The zero-order valence-corrected chi connectivity index (χ0v) is 46.5. The lowest BCUT2D eigenvalue weighted by Gasteiger charge is -2.21. The first-order chi connectivity index (χ1) is 39.8. The van der Waals surface area contributed by atoms with Gasteiger partial charge in [-0.2, -0.15) is 13.2 Å².